The maximum atomic E-state index is 14.5. The molecule has 3 aliphatic rings. The summed E-state index contributed by atoms with van der Waals surface area (Å²) in [6.07, 6.45) is -0.923. The fourth-order valence-corrected chi connectivity index (χ4v) is 15.3. The van der Waals surface area contributed by atoms with Gasteiger partial charge in [-0.25, -0.2) is 13.9 Å². The lowest BCUT2D eigenvalue weighted by molar-refractivity contribution is -0.340. The lowest BCUT2D eigenvalue weighted by atomic mass is 9.92. The molecule has 0 spiro atoms. The van der Waals surface area contributed by atoms with E-state index in [0.717, 1.165) is 193 Å². The summed E-state index contributed by atoms with van der Waals surface area (Å²) in [6, 6.07) is -4.13. The van der Waals surface area contributed by atoms with Crippen LogP contribution in [0, 0.1) is 0 Å². The van der Waals surface area contributed by atoms with Crippen LogP contribution in [0.4, 0.5) is 0 Å². The summed E-state index contributed by atoms with van der Waals surface area (Å²) in [5.74, 6) is -9.65. The average Bonchev–Trinajstić information content (AvgIpc) is 0.773. The Bertz CT molecular complexity index is 2580. The maximum absolute atomic E-state index is 14.5. The van der Waals surface area contributed by atoms with Crippen molar-refractivity contribution < 1.29 is 146 Å². The molecule has 32 nitrogen and oxygen atoms in total. The average molecular weight is 1630 g/mol. The summed E-state index contributed by atoms with van der Waals surface area (Å²) >= 11 is 0. The summed E-state index contributed by atoms with van der Waals surface area (Å²) < 4.78 is 78.4. The van der Waals surface area contributed by atoms with Gasteiger partial charge in [0, 0.05) is 6.42 Å². The summed E-state index contributed by atoms with van der Waals surface area (Å²) in [4.78, 5) is 112. The maximum Gasteiger partial charge on any atom is 0.472 e. The van der Waals surface area contributed by atoms with Gasteiger partial charge >= 0.3 is 33.6 Å². The fourth-order valence-electron chi connectivity index (χ4n) is 14.3. The Hall–Kier alpha value is -2.99. The first-order valence-corrected chi connectivity index (χ1v) is 44.5. The van der Waals surface area contributed by atoms with Crippen LogP contribution in [0.15, 0.2) is 0 Å². The molecule has 0 aromatic carbocycles. The SMILES string of the molecule is CCCCCCCCCCCC(O)CC(=O)NC1C(OP(=O)(O)O)OC(COC2OC(COC3(C(=O)O)CC(O)C(O)C(C(O)CO)O3)C(OP(=O)(O)O)C(OC(=O)CC(O)CCCCCCCCCCC)C2NC(=O)CC(O)CCCCCCCCCCC)C(O)C1OC(=O)CC(O)CCCCCCCCCCC. The number of hydrogen-bond acceptors (Lipinski definition) is 25. The molecular formula is C76H142N2O30P2. The van der Waals surface area contributed by atoms with E-state index in [1.807, 2.05) is 0 Å². The first-order valence-electron chi connectivity index (χ1n) is 41.4. The van der Waals surface area contributed by atoms with Crippen molar-refractivity contribution in [3.63, 3.8) is 0 Å². The fraction of sp³-hybridized carbons (Fsp3) is 0.934. The molecule has 0 aromatic rings. The molecule has 0 aromatic heterocycles. The van der Waals surface area contributed by atoms with E-state index < -0.39 is 213 Å². The zero-order valence-electron chi connectivity index (χ0n) is 66.0. The molecule has 19 atom stereocenters. The van der Waals surface area contributed by atoms with Gasteiger partial charge in [-0.05, 0) is 25.7 Å². The molecule has 3 rings (SSSR count). The second-order valence-corrected chi connectivity index (χ2v) is 32.9. The molecule has 2 amide bonds. The van der Waals surface area contributed by atoms with Crippen LogP contribution >= 0.6 is 15.6 Å². The van der Waals surface area contributed by atoms with Crippen molar-refractivity contribution in [2.24, 2.45) is 0 Å². The number of carboxylic acids is 1. The third-order valence-corrected chi connectivity index (χ3v) is 21.6. The molecule has 34 heteroatoms. The van der Waals surface area contributed by atoms with Gasteiger partial charge in [0.15, 0.2) is 24.8 Å². The van der Waals surface area contributed by atoms with Gasteiger partial charge in [-0.3, -0.25) is 28.2 Å². The number of rotatable bonds is 65. The van der Waals surface area contributed by atoms with Crippen LogP contribution in [0.1, 0.15) is 317 Å². The molecule has 16 N–H and O–H groups in total. The lowest BCUT2D eigenvalue weighted by Gasteiger charge is -2.48. The molecular weight excluding hydrogens is 1480 g/mol. The van der Waals surface area contributed by atoms with Gasteiger partial charge in [-0.2, -0.15) is 0 Å². The van der Waals surface area contributed by atoms with E-state index in [1.165, 1.54) is 0 Å². The molecule has 0 saturated carbocycles. The molecule has 0 bridgehead atoms. The lowest BCUT2D eigenvalue weighted by Crippen LogP contribution is -2.68. The molecule has 3 saturated heterocycles. The van der Waals surface area contributed by atoms with Crippen molar-refractivity contribution in [2.75, 3.05) is 19.8 Å². The molecule has 646 valence electrons. The summed E-state index contributed by atoms with van der Waals surface area (Å²) in [5.41, 5.74) is 0. The smallest absolute Gasteiger partial charge is 0.472 e. The van der Waals surface area contributed by atoms with Gasteiger partial charge in [-0.15, -0.1) is 0 Å². The Morgan fingerprint density at radius 3 is 1.15 bits per heavy atom. The number of aliphatic hydroxyl groups excluding tert-OH is 9. The number of phosphoric ester groups is 2. The number of aliphatic carboxylic acids is 1. The van der Waals surface area contributed by atoms with Crippen LogP contribution in [0.3, 0.4) is 0 Å². The van der Waals surface area contributed by atoms with Crippen molar-refractivity contribution in [3.8, 4) is 0 Å². The number of hydrogen-bond donors (Lipinski definition) is 16. The van der Waals surface area contributed by atoms with E-state index in [9.17, 15) is 104 Å². The zero-order chi connectivity index (χ0) is 81.5. The highest BCUT2D eigenvalue weighted by Gasteiger charge is 2.58. The van der Waals surface area contributed by atoms with E-state index in [1.54, 1.807) is 0 Å². The van der Waals surface area contributed by atoms with Crippen molar-refractivity contribution in [1.82, 2.24) is 10.6 Å². The number of carboxylic acid groups (broad SMARTS) is 1. The Kier molecular flexibility index (Phi) is 52.6. The van der Waals surface area contributed by atoms with Crippen molar-refractivity contribution >= 4 is 45.4 Å². The second kappa shape index (κ2) is 57.2. The number of unbranched alkanes of at least 4 members (excludes halogenated alkanes) is 32. The van der Waals surface area contributed by atoms with Gasteiger partial charge in [0.25, 0.3) is 5.79 Å². The van der Waals surface area contributed by atoms with Gasteiger partial charge in [0.05, 0.1) is 76.0 Å². The van der Waals surface area contributed by atoms with Gasteiger partial charge in [0.2, 0.25) is 11.8 Å². The largest absolute Gasteiger partial charge is 0.477 e. The molecule has 3 heterocycles. The Morgan fingerprint density at radius 2 is 0.791 bits per heavy atom. The molecule has 19 unspecified atom stereocenters. The number of esters is 2. The monoisotopic (exact) mass is 1620 g/mol. The predicted octanol–water partition coefficient (Wildman–Crippen LogP) is 8.54. The van der Waals surface area contributed by atoms with Crippen LogP contribution in [0.25, 0.3) is 0 Å². The van der Waals surface area contributed by atoms with E-state index >= 15 is 0 Å². The molecule has 3 aliphatic heterocycles. The third kappa shape index (κ3) is 42.2. The highest BCUT2D eigenvalue weighted by molar-refractivity contribution is 7.46. The Labute approximate surface area is 651 Å². The Balaban J connectivity index is 2.21. The molecule has 3 fully saturated rings. The first kappa shape index (κ1) is 101. The predicted molar refractivity (Wildman–Crippen MR) is 404 cm³/mol. The number of amides is 2. The minimum atomic E-state index is -5.91. The van der Waals surface area contributed by atoms with Crippen LogP contribution in [-0.4, -0.2) is 236 Å². The number of ether oxygens (including phenoxy) is 7. The minimum absolute atomic E-state index is 0.0721. The van der Waals surface area contributed by atoms with Crippen LogP contribution in [-0.2, 0) is 75.3 Å². The highest BCUT2D eigenvalue weighted by atomic mass is 31.2. The number of carbonyl (C=O) groups excluding carboxylic acids is 4. The van der Waals surface area contributed by atoms with Crippen LogP contribution in [0.5, 0.6) is 0 Å². The van der Waals surface area contributed by atoms with Crippen molar-refractivity contribution in [2.45, 2.75) is 433 Å². The number of carbonyl (C=O) groups is 5. The van der Waals surface area contributed by atoms with Crippen molar-refractivity contribution in [3.05, 3.63) is 0 Å². The summed E-state index contributed by atoms with van der Waals surface area (Å²) in [7, 11) is -11.7. The summed E-state index contributed by atoms with van der Waals surface area (Å²) in [6.45, 7) is 4.87. The van der Waals surface area contributed by atoms with Gasteiger partial charge < -0.3 is 114 Å². The van der Waals surface area contributed by atoms with E-state index in [2.05, 4.69) is 38.3 Å². The number of phosphoric acid groups is 2. The molecule has 0 aliphatic carbocycles. The zero-order valence-corrected chi connectivity index (χ0v) is 67.8. The van der Waals surface area contributed by atoms with Crippen molar-refractivity contribution in [1.29, 1.82) is 0 Å². The summed E-state index contributed by atoms with van der Waals surface area (Å²) in [5, 5.41) is 115. The van der Waals surface area contributed by atoms with Crippen LogP contribution in [0.2, 0.25) is 0 Å². The quantitative estimate of drug-likeness (QED) is 0.0154. The standard InChI is InChI=1S/C76H142N2O30P2/c1-5-9-13-17-21-25-29-33-37-41-53(80)45-61(86)77-65-71(104-63(88)47-55(82)43-39-35-31-27-23-19-15-11-7-3)68(91)59(102-74(65)108-110(97,98)99)51-100-73-66(78-62(87)46-54(81)42-38-34-30-26-22-18-14-10-6-2)72(105-64(89)48-56(83)44-40-36-32-28-24-20-16-12-8-4)70(107-109(94,95)96)60(103-73)52-101-76(75(92)93)49-57(84)67(90)69(106-76)58(85)50-79/h53-60,65-74,79-85,90-91H,5-52H2,1-4H3,(H,77,86)(H,78,87)(H,92,93)(H2,94,95,96)(H2,97,98,99). The number of nitrogens with one attached hydrogen (secondary N) is 2. The minimum Gasteiger partial charge on any atom is -0.477 e. The Morgan fingerprint density at radius 1 is 0.445 bits per heavy atom. The normalized spacial score (nSPS) is 26.0. The first-order chi connectivity index (χ1) is 52.4. The van der Waals surface area contributed by atoms with Gasteiger partial charge in [-0.1, -0.05) is 259 Å². The van der Waals surface area contributed by atoms with E-state index in [0.29, 0.717) is 38.5 Å². The highest BCUT2D eigenvalue weighted by Crippen LogP contribution is 2.45. The molecule has 0 radical (unpaired) electrons. The number of aliphatic hydroxyl groups is 9. The second-order valence-electron chi connectivity index (χ2n) is 30.5. The molecule has 110 heavy (non-hydrogen) atoms. The van der Waals surface area contributed by atoms with Crippen LogP contribution < -0.4 is 10.6 Å². The third-order valence-electron chi connectivity index (χ3n) is 20.6. The van der Waals surface area contributed by atoms with Gasteiger partial charge in [0.1, 0.15) is 54.8 Å². The van der Waals surface area contributed by atoms with E-state index in [-0.39, 0.29) is 25.7 Å². The topological polar surface area (TPSA) is 510 Å². The van der Waals surface area contributed by atoms with E-state index in [4.69, 9.17) is 42.2 Å².